The number of nitro benzene ring substituents is 1. The second-order valence-corrected chi connectivity index (χ2v) is 6.31. The predicted octanol–water partition coefficient (Wildman–Crippen LogP) is 0.822. The number of nitro groups is 1. The molecule has 0 aromatic heterocycles. The third kappa shape index (κ3) is 3.01. The van der Waals surface area contributed by atoms with E-state index in [9.17, 15) is 27.3 Å². The van der Waals surface area contributed by atoms with Crippen molar-refractivity contribution in [2.75, 3.05) is 19.6 Å². The quantitative estimate of drug-likeness (QED) is 0.655. The molecular weight excluding hydrogens is 308 g/mol. The van der Waals surface area contributed by atoms with Gasteiger partial charge in [0.05, 0.1) is 11.0 Å². The molecule has 1 aromatic rings. The van der Waals surface area contributed by atoms with Crippen molar-refractivity contribution < 1.29 is 22.1 Å². The molecule has 1 aliphatic heterocycles. The van der Waals surface area contributed by atoms with Gasteiger partial charge in [-0.15, -0.1) is 0 Å². The fourth-order valence-corrected chi connectivity index (χ4v) is 3.94. The van der Waals surface area contributed by atoms with Crippen molar-refractivity contribution in [3.05, 3.63) is 34.4 Å². The van der Waals surface area contributed by atoms with Crippen LogP contribution in [0.3, 0.4) is 0 Å². The maximum atomic E-state index is 13.0. The number of piperazine rings is 1. The first-order chi connectivity index (χ1) is 9.85. The minimum absolute atomic E-state index is 0.163. The second-order valence-electron chi connectivity index (χ2n) is 4.45. The number of rotatable bonds is 4. The van der Waals surface area contributed by atoms with Crippen molar-refractivity contribution in [2.45, 2.75) is 17.4 Å². The highest BCUT2D eigenvalue weighted by molar-refractivity contribution is 7.89. The van der Waals surface area contributed by atoms with E-state index < -0.39 is 38.0 Å². The highest BCUT2D eigenvalue weighted by atomic mass is 32.2. The van der Waals surface area contributed by atoms with Gasteiger partial charge in [0, 0.05) is 25.7 Å². The van der Waals surface area contributed by atoms with Crippen molar-refractivity contribution >= 4 is 15.7 Å². The number of para-hydroxylation sites is 1. The Balaban J connectivity index is 2.48. The van der Waals surface area contributed by atoms with Crippen LogP contribution in [-0.4, -0.2) is 49.7 Å². The summed E-state index contributed by atoms with van der Waals surface area (Å²) < 4.78 is 51.6. The molecule has 1 unspecified atom stereocenters. The fraction of sp³-hybridized carbons (Fsp3) is 0.455. The number of sulfonamides is 1. The average molecular weight is 321 g/mol. The third-order valence-corrected chi connectivity index (χ3v) is 5.14. The van der Waals surface area contributed by atoms with E-state index in [1.807, 2.05) is 0 Å². The summed E-state index contributed by atoms with van der Waals surface area (Å²) in [6, 6.07) is 3.19. The lowest BCUT2D eigenvalue weighted by Crippen LogP contribution is -2.56. The Morgan fingerprint density at radius 2 is 2.05 bits per heavy atom. The minimum atomic E-state index is -4.36. The Hall–Kier alpha value is -1.65. The van der Waals surface area contributed by atoms with Crippen molar-refractivity contribution in [1.29, 1.82) is 0 Å². The molecule has 7 nitrogen and oxygen atoms in total. The number of hydrogen-bond donors (Lipinski definition) is 1. The van der Waals surface area contributed by atoms with Crippen molar-refractivity contribution in [1.82, 2.24) is 9.62 Å². The lowest BCUT2D eigenvalue weighted by molar-refractivity contribution is -0.387. The Bertz CT molecular complexity index is 638. The lowest BCUT2D eigenvalue weighted by Gasteiger charge is -2.34. The monoisotopic (exact) mass is 321 g/mol. The van der Waals surface area contributed by atoms with Crippen LogP contribution in [0.5, 0.6) is 0 Å². The zero-order valence-corrected chi connectivity index (χ0v) is 11.6. The molecule has 1 N–H and O–H groups in total. The van der Waals surface area contributed by atoms with Crippen molar-refractivity contribution in [3.8, 4) is 0 Å². The normalized spacial score (nSPS) is 20.6. The first-order valence-electron chi connectivity index (χ1n) is 6.10. The van der Waals surface area contributed by atoms with Crippen LogP contribution in [0.15, 0.2) is 29.2 Å². The molecule has 0 spiro atoms. The van der Waals surface area contributed by atoms with Gasteiger partial charge in [0.1, 0.15) is 0 Å². The maximum Gasteiger partial charge on any atom is 0.289 e. The van der Waals surface area contributed by atoms with Gasteiger partial charge in [-0.1, -0.05) is 12.1 Å². The van der Waals surface area contributed by atoms with Crippen molar-refractivity contribution in [3.63, 3.8) is 0 Å². The van der Waals surface area contributed by atoms with Crippen LogP contribution in [-0.2, 0) is 10.0 Å². The molecule has 0 bridgehead atoms. The highest BCUT2D eigenvalue weighted by Crippen LogP contribution is 2.29. The number of halogens is 2. The summed E-state index contributed by atoms with van der Waals surface area (Å²) in [7, 11) is -4.36. The number of nitrogens with zero attached hydrogens (tertiary/aromatic N) is 2. The molecule has 0 aliphatic carbocycles. The van der Waals surface area contributed by atoms with E-state index in [2.05, 4.69) is 5.32 Å². The van der Waals surface area contributed by atoms with Crippen LogP contribution in [0, 0.1) is 10.1 Å². The van der Waals surface area contributed by atoms with E-state index in [0.717, 1.165) is 12.1 Å². The van der Waals surface area contributed by atoms with Gasteiger partial charge in [-0.3, -0.25) is 10.1 Å². The van der Waals surface area contributed by atoms with Crippen LogP contribution in [0.25, 0.3) is 0 Å². The van der Waals surface area contributed by atoms with E-state index in [1.54, 1.807) is 0 Å². The van der Waals surface area contributed by atoms with Crippen LogP contribution < -0.4 is 5.32 Å². The molecule has 1 aromatic carbocycles. The average Bonchev–Trinajstić information content (AvgIpc) is 2.47. The predicted molar refractivity (Wildman–Crippen MR) is 69.6 cm³/mol. The number of hydrogen-bond acceptors (Lipinski definition) is 5. The molecule has 21 heavy (non-hydrogen) atoms. The SMILES string of the molecule is O=[N+]([O-])c1ccccc1S(=O)(=O)N1CCNCC1C(F)F. The summed E-state index contributed by atoms with van der Waals surface area (Å²) in [6.07, 6.45) is -2.88. The van der Waals surface area contributed by atoms with Gasteiger partial charge < -0.3 is 5.32 Å². The Morgan fingerprint density at radius 1 is 1.38 bits per heavy atom. The molecule has 0 amide bonds. The van der Waals surface area contributed by atoms with Crippen LogP contribution in [0.1, 0.15) is 0 Å². The third-order valence-electron chi connectivity index (χ3n) is 3.17. The van der Waals surface area contributed by atoms with Gasteiger partial charge in [0.15, 0.2) is 4.90 Å². The molecule has 10 heteroatoms. The molecule has 116 valence electrons. The Labute approximate surface area is 119 Å². The van der Waals surface area contributed by atoms with Gasteiger partial charge in [0.2, 0.25) is 10.0 Å². The first-order valence-corrected chi connectivity index (χ1v) is 7.54. The summed E-state index contributed by atoms with van der Waals surface area (Å²) >= 11 is 0. The molecule has 1 fully saturated rings. The fourth-order valence-electron chi connectivity index (χ4n) is 2.17. The van der Waals surface area contributed by atoms with Gasteiger partial charge in [0.25, 0.3) is 12.1 Å². The summed E-state index contributed by atoms with van der Waals surface area (Å²) in [5, 5.41) is 13.6. The minimum Gasteiger partial charge on any atom is -0.314 e. The largest absolute Gasteiger partial charge is 0.314 e. The molecule has 0 radical (unpaired) electrons. The van der Waals surface area contributed by atoms with Crippen LogP contribution in [0.2, 0.25) is 0 Å². The number of nitrogens with one attached hydrogen (secondary N) is 1. The van der Waals surface area contributed by atoms with Gasteiger partial charge in [-0.25, -0.2) is 17.2 Å². The highest BCUT2D eigenvalue weighted by Gasteiger charge is 2.40. The van der Waals surface area contributed by atoms with E-state index >= 15 is 0 Å². The van der Waals surface area contributed by atoms with Crippen LogP contribution in [0.4, 0.5) is 14.5 Å². The standard InChI is InChI=1S/C11H13F2N3O4S/c12-11(13)9-7-14-5-6-15(9)21(19,20)10-4-2-1-3-8(10)16(17)18/h1-4,9,11,14H,5-7H2. The molecular formula is C11H13F2N3O4S. The van der Waals surface area contributed by atoms with Crippen LogP contribution >= 0.6 is 0 Å². The van der Waals surface area contributed by atoms with Crippen molar-refractivity contribution in [2.24, 2.45) is 0 Å². The van der Waals surface area contributed by atoms with E-state index in [4.69, 9.17) is 0 Å². The second kappa shape index (κ2) is 6.00. The molecule has 1 aliphatic rings. The Kier molecular flexibility index (Phi) is 4.49. The van der Waals surface area contributed by atoms with E-state index in [1.165, 1.54) is 12.1 Å². The molecule has 1 atom stereocenters. The summed E-state index contributed by atoms with van der Waals surface area (Å²) in [4.78, 5) is 9.52. The summed E-state index contributed by atoms with van der Waals surface area (Å²) in [6.45, 7) is -0.149. The molecule has 2 rings (SSSR count). The smallest absolute Gasteiger partial charge is 0.289 e. The van der Waals surface area contributed by atoms with Gasteiger partial charge in [-0.2, -0.15) is 4.31 Å². The molecule has 1 saturated heterocycles. The molecule has 1 heterocycles. The van der Waals surface area contributed by atoms with E-state index in [-0.39, 0.29) is 19.6 Å². The number of alkyl halides is 2. The summed E-state index contributed by atoms with van der Waals surface area (Å²) in [5.41, 5.74) is -0.621. The number of benzene rings is 1. The zero-order chi connectivity index (χ0) is 15.6. The van der Waals surface area contributed by atoms with Gasteiger partial charge >= 0.3 is 0 Å². The lowest BCUT2D eigenvalue weighted by atomic mass is 10.2. The summed E-state index contributed by atoms with van der Waals surface area (Å²) in [5.74, 6) is 0. The zero-order valence-electron chi connectivity index (χ0n) is 10.8. The van der Waals surface area contributed by atoms with Gasteiger partial charge in [-0.05, 0) is 6.07 Å². The Morgan fingerprint density at radius 3 is 2.67 bits per heavy atom. The van der Waals surface area contributed by atoms with E-state index in [0.29, 0.717) is 4.31 Å². The molecule has 0 saturated carbocycles. The topological polar surface area (TPSA) is 92.5 Å². The maximum absolute atomic E-state index is 13.0. The first kappa shape index (κ1) is 15.7.